The summed E-state index contributed by atoms with van der Waals surface area (Å²) in [5, 5.41) is 5.15. The molecule has 170 valence electrons. The molecule has 1 fully saturated rings. The smallest absolute Gasteiger partial charge is 0.255 e. The van der Waals surface area contributed by atoms with Gasteiger partial charge in [-0.25, -0.2) is 5.01 Å². The van der Waals surface area contributed by atoms with Crippen LogP contribution in [0.4, 0.5) is 11.4 Å². The number of rotatable bonds is 7. The highest BCUT2D eigenvalue weighted by atomic mass is 35.5. The number of carbonyl (C=O) groups excluding carboxylic acids is 1. The van der Waals surface area contributed by atoms with Crippen molar-refractivity contribution in [1.29, 1.82) is 0 Å². The van der Waals surface area contributed by atoms with Gasteiger partial charge in [0.15, 0.2) is 0 Å². The summed E-state index contributed by atoms with van der Waals surface area (Å²) in [6.07, 6.45) is 0.977. The van der Waals surface area contributed by atoms with Gasteiger partial charge in [0.05, 0.1) is 24.0 Å². The molecule has 0 atom stereocenters. The molecule has 3 rings (SSSR count). The number of methoxy groups -OCH3 is 1. The Labute approximate surface area is 196 Å². The molecule has 0 aliphatic carbocycles. The fourth-order valence-electron chi connectivity index (χ4n) is 3.84. The van der Waals surface area contributed by atoms with Crippen LogP contribution in [0.15, 0.2) is 42.5 Å². The van der Waals surface area contributed by atoms with Crippen molar-refractivity contribution in [2.45, 2.75) is 13.3 Å². The lowest BCUT2D eigenvalue weighted by molar-refractivity contribution is 0.0827. The van der Waals surface area contributed by atoms with Crippen LogP contribution in [0.5, 0.6) is 5.75 Å². The number of para-hydroxylation sites is 2. The first kappa shape index (κ1) is 25.1. The van der Waals surface area contributed by atoms with E-state index in [1.807, 2.05) is 30.3 Å². The van der Waals surface area contributed by atoms with E-state index < -0.39 is 0 Å². The number of carbonyl (C=O) groups is 1. The number of nitrogens with zero attached hydrogens (tertiary/aromatic N) is 4. The minimum Gasteiger partial charge on any atom is -0.495 e. The predicted octanol–water partition coefficient (Wildman–Crippen LogP) is 4.43. The average molecular weight is 467 g/mol. The Morgan fingerprint density at radius 1 is 1.10 bits per heavy atom. The van der Waals surface area contributed by atoms with Gasteiger partial charge in [-0.2, -0.15) is 0 Å². The molecule has 0 unspecified atom stereocenters. The van der Waals surface area contributed by atoms with Crippen LogP contribution < -0.4 is 14.6 Å². The van der Waals surface area contributed by atoms with Crippen LogP contribution in [-0.4, -0.2) is 69.7 Å². The molecule has 1 heterocycles. The molecule has 2 aromatic carbocycles. The van der Waals surface area contributed by atoms with E-state index in [0.29, 0.717) is 10.6 Å². The number of piperazine rings is 1. The average Bonchev–Trinajstić information content (AvgIpc) is 2.77. The summed E-state index contributed by atoms with van der Waals surface area (Å²) < 4.78 is 5.54. The summed E-state index contributed by atoms with van der Waals surface area (Å²) >= 11 is 6.23. The van der Waals surface area contributed by atoms with Crippen LogP contribution in [0.1, 0.15) is 23.7 Å². The first-order valence-corrected chi connectivity index (χ1v) is 10.8. The molecule has 2 aromatic rings. The van der Waals surface area contributed by atoms with E-state index >= 15 is 0 Å². The third-order valence-electron chi connectivity index (χ3n) is 5.33. The SMILES string of the molecule is CCCN(c1ccc(Cl)cc1C(=O)N(C)C)N1CCN(c2ccccc2OC)CC1.Cl. The summed E-state index contributed by atoms with van der Waals surface area (Å²) in [5.41, 5.74) is 2.66. The Balaban J connectivity index is 0.00000341. The second-order valence-corrected chi connectivity index (χ2v) is 8.03. The van der Waals surface area contributed by atoms with Crippen molar-refractivity contribution in [3.63, 3.8) is 0 Å². The van der Waals surface area contributed by atoms with Crippen molar-refractivity contribution in [1.82, 2.24) is 9.91 Å². The lowest BCUT2D eigenvalue weighted by Gasteiger charge is -2.43. The maximum atomic E-state index is 12.8. The molecule has 0 N–H and O–H groups in total. The highest BCUT2D eigenvalue weighted by molar-refractivity contribution is 6.31. The first-order chi connectivity index (χ1) is 14.5. The van der Waals surface area contributed by atoms with Gasteiger partial charge in [-0.1, -0.05) is 30.7 Å². The summed E-state index contributed by atoms with van der Waals surface area (Å²) in [7, 11) is 5.24. The molecule has 0 radical (unpaired) electrons. The fraction of sp³-hybridized carbons (Fsp3) is 0.435. The number of hydrazine groups is 1. The molecule has 1 aliphatic rings. The predicted molar refractivity (Wildman–Crippen MR) is 131 cm³/mol. The summed E-state index contributed by atoms with van der Waals surface area (Å²) in [6.45, 7) is 6.47. The summed E-state index contributed by atoms with van der Waals surface area (Å²) in [5.74, 6) is 0.856. The molecule has 1 amide bonds. The maximum Gasteiger partial charge on any atom is 0.255 e. The monoisotopic (exact) mass is 466 g/mol. The highest BCUT2D eigenvalue weighted by Crippen LogP contribution is 2.31. The molecule has 0 aromatic heterocycles. The molecule has 1 aliphatic heterocycles. The molecule has 0 bridgehead atoms. The molecule has 0 saturated carbocycles. The fourth-order valence-corrected chi connectivity index (χ4v) is 4.01. The summed E-state index contributed by atoms with van der Waals surface area (Å²) in [6, 6.07) is 13.7. The maximum absolute atomic E-state index is 12.8. The van der Waals surface area contributed by atoms with Crippen molar-refractivity contribution in [2.75, 3.05) is 63.8 Å². The second-order valence-electron chi connectivity index (χ2n) is 7.60. The number of anilines is 2. The third-order valence-corrected chi connectivity index (χ3v) is 5.57. The van der Waals surface area contributed by atoms with Crippen molar-refractivity contribution in [2.24, 2.45) is 0 Å². The quantitative estimate of drug-likeness (QED) is 0.603. The van der Waals surface area contributed by atoms with Gasteiger partial charge in [0.25, 0.3) is 5.91 Å². The van der Waals surface area contributed by atoms with E-state index in [9.17, 15) is 4.79 Å². The minimum absolute atomic E-state index is 0. The highest BCUT2D eigenvalue weighted by Gasteiger charge is 2.26. The number of benzene rings is 2. The van der Waals surface area contributed by atoms with Gasteiger partial charge in [0.2, 0.25) is 0 Å². The van der Waals surface area contributed by atoms with E-state index in [1.54, 1.807) is 32.2 Å². The Morgan fingerprint density at radius 3 is 2.39 bits per heavy atom. The Bertz CT molecular complexity index is 870. The van der Waals surface area contributed by atoms with E-state index in [4.69, 9.17) is 16.3 Å². The third kappa shape index (κ3) is 5.76. The lowest BCUT2D eigenvalue weighted by atomic mass is 10.1. The zero-order valence-electron chi connectivity index (χ0n) is 18.7. The van der Waals surface area contributed by atoms with Crippen LogP contribution in [0.3, 0.4) is 0 Å². The number of amides is 1. The molecule has 6 nitrogen and oxygen atoms in total. The van der Waals surface area contributed by atoms with Crippen LogP contribution in [0.2, 0.25) is 5.02 Å². The summed E-state index contributed by atoms with van der Waals surface area (Å²) in [4.78, 5) is 16.8. The molecule has 0 spiro atoms. The topological polar surface area (TPSA) is 39.3 Å². The zero-order chi connectivity index (χ0) is 21.7. The van der Waals surface area contributed by atoms with Gasteiger partial charge in [-0.05, 0) is 36.8 Å². The van der Waals surface area contributed by atoms with Gasteiger partial charge < -0.3 is 19.5 Å². The van der Waals surface area contributed by atoms with E-state index in [2.05, 4.69) is 27.9 Å². The van der Waals surface area contributed by atoms with Gasteiger partial charge in [-0.3, -0.25) is 4.79 Å². The molecular formula is C23H32Cl2N4O2. The standard InChI is InChI=1S/C23H31ClN4O2.ClH/c1-5-12-28(20-11-10-18(24)17-19(20)23(29)25(2)3)27-15-13-26(14-16-27)21-8-6-7-9-22(21)30-4;/h6-11,17H,5,12-16H2,1-4H3;1H. The van der Waals surface area contributed by atoms with Crippen molar-refractivity contribution in [3.8, 4) is 5.75 Å². The van der Waals surface area contributed by atoms with Crippen LogP contribution in [0.25, 0.3) is 0 Å². The Hall–Kier alpha value is -2.15. The van der Waals surface area contributed by atoms with Crippen LogP contribution >= 0.6 is 24.0 Å². The number of hydrogen-bond acceptors (Lipinski definition) is 5. The van der Waals surface area contributed by atoms with Crippen molar-refractivity contribution < 1.29 is 9.53 Å². The van der Waals surface area contributed by atoms with Crippen molar-refractivity contribution in [3.05, 3.63) is 53.1 Å². The van der Waals surface area contributed by atoms with Crippen molar-refractivity contribution >= 4 is 41.3 Å². The van der Waals surface area contributed by atoms with Gasteiger partial charge in [0.1, 0.15) is 5.75 Å². The minimum atomic E-state index is -0.0405. The zero-order valence-corrected chi connectivity index (χ0v) is 20.2. The normalized spacial score (nSPS) is 14.0. The van der Waals surface area contributed by atoms with Gasteiger partial charge in [-0.15, -0.1) is 12.4 Å². The number of hydrogen-bond donors (Lipinski definition) is 0. The van der Waals surface area contributed by atoms with Crippen LogP contribution in [0, 0.1) is 0 Å². The Morgan fingerprint density at radius 2 is 1.77 bits per heavy atom. The number of ether oxygens (including phenoxy) is 1. The molecular weight excluding hydrogens is 435 g/mol. The van der Waals surface area contributed by atoms with E-state index in [0.717, 1.165) is 56.3 Å². The van der Waals surface area contributed by atoms with Gasteiger partial charge >= 0.3 is 0 Å². The first-order valence-electron chi connectivity index (χ1n) is 10.4. The van der Waals surface area contributed by atoms with E-state index in [-0.39, 0.29) is 18.3 Å². The molecule has 1 saturated heterocycles. The van der Waals surface area contributed by atoms with Gasteiger partial charge in [0, 0.05) is 51.8 Å². The largest absolute Gasteiger partial charge is 0.495 e. The van der Waals surface area contributed by atoms with Crippen LogP contribution in [-0.2, 0) is 0 Å². The van der Waals surface area contributed by atoms with E-state index in [1.165, 1.54) is 0 Å². The molecule has 8 heteroatoms. The number of halogens is 2. The Kier molecular flexibility index (Phi) is 9.29. The molecule has 31 heavy (non-hydrogen) atoms. The second kappa shape index (κ2) is 11.5. The lowest BCUT2D eigenvalue weighted by Crippen LogP contribution is -2.54.